The topological polar surface area (TPSA) is 63.2 Å². The van der Waals surface area contributed by atoms with Crippen LogP contribution in [0.15, 0.2) is 83.8 Å². The van der Waals surface area contributed by atoms with Crippen molar-refractivity contribution < 1.29 is 13.2 Å². The summed E-state index contributed by atoms with van der Waals surface area (Å²) in [5, 5.41) is 0. The van der Waals surface area contributed by atoms with Crippen LogP contribution in [0.25, 0.3) is 0 Å². The van der Waals surface area contributed by atoms with Crippen LogP contribution in [-0.2, 0) is 34.1 Å². The number of benzene rings is 3. The number of anilines is 1. The summed E-state index contributed by atoms with van der Waals surface area (Å²) in [6.45, 7) is 3.83. The number of carbonyl (C=O) groups is 1. The second-order valence-electron chi connectivity index (χ2n) is 8.52. The highest BCUT2D eigenvalue weighted by Crippen LogP contribution is 2.20. The van der Waals surface area contributed by atoms with Gasteiger partial charge in [0.05, 0.1) is 4.90 Å². The molecule has 0 aliphatic heterocycles. The highest BCUT2D eigenvalue weighted by Gasteiger charge is 2.16. The molecule has 0 amide bonds. The summed E-state index contributed by atoms with van der Waals surface area (Å²) in [6, 6.07) is 24.5. The zero-order valence-electron chi connectivity index (χ0n) is 19.5. The summed E-state index contributed by atoms with van der Waals surface area (Å²) in [7, 11) is -3.61. The lowest BCUT2D eigenvalue weighted by atomic mass is 9.90. The molecular weight excluding hydrogens is 430 g/mol. The summed E-state index contributed by atoms with van der Waals surface area (Å²) >= 11 is 0. The molecule has 0 saturated carbocycles. The quantitative estimate of drug-likeness (QED) is 0.347. The maximum Gasteiger partial charge on any atom is 0.261 e. The summed E-state index contributed by atoms with van der Waals surface area (Å²) in [6.07, 6.45) is 5.37. The first-order valence-electron chi connectivity index (χ1n) is 11.6. The van der Waals surface area contributed by atoms with E-state index in [1.165, 1.54) is 11.1 Å². The minimum atomic E-state index is -3.61. The number of hydrogen-bond acceptors (Lipinski definition) is 3. The van der Waals surface area contributed by atoms with E-state index in [-0.39, 0.29) is 16.6 Å². The molecule has 4 nitrogen and oxygen atoms in total. The average molecular weight is 464 g/mol. The van der Waals surface area contributed by atoms with Crippen molar-refractivity contribution in [3.63, 3.8) is 0 Å². The molecular formula is C28H33NO3S. The molecule has 0 heterocycles. The number of sulfonamides is 1. The van der Waals surface area contributed by atoms with Crippen molar-refractivity contribution in [2.24, 2.45) is 5.92 Å². The van der Waals surface area contributed by atoms with Gasteiger partial charge in [0.15, 0.2) is 0 Å². The van der Waals surface area contributed by atoms with Gasteiger partial charge < -0.3 is 0 Å². The SMILES string of the molecule is CCc1ccc(CCC(CCCc2ccc(S(=O)(=O)Nc3ccccc3)cc2)C(C)=O)cc1. The number of carbonyl (C=O) groups excluding carboxylic acids is 1. The van der Waals surface area contributed by atoms with Gasteiger partial charge in [0.2, 0.25) is 0 Å². The van der Waals surface area contributed by atoms with Gasteiger partial charge in [-0.25, -0.2) is 8.42 Å². The molecule has 0 saturated heterocycles. The van der Waals surface area contributed by atoms with Gasteiger partial charge in [0.25, 0.3) is 10.0 Å². The largest absolute Gasteiger partial charge is 0.300 e. The number of rotatable bonds is 12. The fourth-order valence-electron chi connectivity index (χ4n) is 3.94. The molecule has 5 heteroatoms. The van der Waals surface area contributed by atoms with Crippen LogP contribution in [0.3, 0.4) is 0 Å². The second-order valence-corrected chi connectivity index (χ2v) is 10.2. The molecule has 3 aromatic rings. The van der Waals surface area contributed by atoms with E-state index < -0.39 is 10.0 Å². The Morgan fingerprint density at radius 1 is 0.788 bits per heavy atom. The van der Waals surface area contributed by atoms with E-state index in [1.807, 2.05) is 18.2 Å². The van der Waals surface area contributed by atoms with E-state index in [4.69, 9.17) is 0 Å². The molecule has 0 aliphatic rings. The fraction of sp³-hybridized carbons (Fsp3) is 0.321. The van der Waals surface area contributed by atoms with Gasteiger partial charge in [-0.3, -0.25) is 9.52 Å². The smallest absolute Gasteiger partial charge is 0.261 e. The molecule has 3 rings (SSSR count). The normalized spacial score (nSPS) is 12.3. The highest BCUT2D eigenvalue weighted by molar-refractivity contribution is 7.92. The van der Waals surface area contributed by atoms with Crippen LogP contribution < -0.4 is 4.72 Å². The van der Waals surface area contributed by atoms with Crippen LogP contribution >= 0.6 is 0 Å². The molecule has 0 aromatic heterocycles. The van der Waals surface area contributed by atoms with E-state index in [1.54, 1.807) is 43.3 Å². The second kappa shape index (κ2) is 11.8. The average Bonchev–Trinajstić information content (AvgIpc) is 2.82. The van der Waals surface area contributed by atoms with Crippen LogP contribution in [0.4, 0.5) is 5.69 Å². The molecule has 174 valence electrons. The van der Waals surface area contributed by atoms with E-state index in [0.29, 0.717) is 5.69 Å². The maximum atomic E-state index is 12.6. The molecule has 1 atom stereocenters. The highest BCUT2D eigenvalue weighted by atomic mass is 32.2. The minimum absolute atomic E-state index is 0.0607. The summed E-state index contributed by atoms with van der Waals surface area (Å²) in [5.74, 6) is 0.305. The molecule has 1 unspecified atom stereocenters. The third-order valence-electron chi connectivity index (χ3n) is 6.07. The van der Waals surface area contributed by atoms with Crippen molar-refractivity contribution in [2.75, 3.05) is 4.72 Å². The van der Waals surface area contributed by atoms with Gasteiger partial charge in [-0.2, -0.15) is 0 Å². The number of nitrogens with one attached hydrogen (secondary N) is 1. The van der Waals surface area contributed by atoms with E-state index in [0.717, 1.165) is 44.1 Å². The Morgan fingerprint density at radius 2 is 1.36 bits per heavy atom. The van der Waals surface area contributed by atoms with E-state index in [2.05, 4.69) is 35.9 Å². The molecule has 1 N–H and O–H groups in total. The third kappa shape index (κ3) is 7.57. The van der Waals surface area contributed by atoms with Crippen LogP contribution in [-0.4, -0.2) is 14.2 Å². The summed E-state index contributed by atoms with van der Waals surface area (Å²) in [4.78, 5) is 12.4. The molecule has 0 aliphatic carbocycles. The third-order valence-corrected chi connectivity index (χ3v) is 7.46. The monoisotopic (exact) mass is 463 g/mol. The molecule has 0 radical (unpaired) electrons. The van der Waals surface area contributed by atoms with Crippen molar-refractivity contribution in [3.8, 4) is 0 Å². The number of hydrogen-bond donors (Lipinski definition) is 1. The lowest BCUT2D eigenvalue weighted by Crippen LogP contribution is -2.13. The lowest BCUT2D eigenvalue weighted by Gasteiger charge is -2.14. The van der Waals surface area contributed by atoms with Crippen LogP contribution in [0.5, 0.6) is 0 Å². The van der Waals surface area contributed by atoms with Crippen molar-refractivity contribution in [1.82, 2.24) is 0 Å². The van der Waals surface area contributed by atoms with Crippen molar-refractivity contribution >= 4 is 21.5 Å². The predicted octanol–water partition coefficient (Wildman–Crippen LogP) is 6.21. The number of ketones is 1. The molecule has 0 bridgehead atoms. The minimum Gasteiger partial charge on any atom is -0.300 e. The van der Waals surface area contributed by atoms with Gasteiger partial charge in [0.1, 0.15) is 5.78 Å². The molecule has 33 heavy (non-hydrogen) atoms. The Balaban J connectivity index is 1.50. The van der Waals surface area contributed by atoms with Crippen molar-refractivity contribution in [3.05, 3.63) is 95.6 Å². The van der Waals surface area contributed by atoms with Gasteiger partial charge in [0, 0.05) is 11.6 Å². The number of Topliss-reactive ketones (excluding diaryl/α,β-unsaturated/α-hetero) is 1. The lowest BCUT2D eigenvalue weighted by molar-refractivity contribution is -0.121. The standard InChI is InChI=1S/C28H33NO3S/c1-3-23-12-14-25(15-13-23)16-19-26(22(2)30)9-7-8-24-17-20-28(21-18-24)33(31,32)29-27-10-5-4-6-11-27/h4-6,10-15,17-18,20-21,26,29H,3,7-9,16,19H2,1-2H3. The Hall–Kier alpha value is -2.92. The van der Waals surface area contributed by atoms with Crippen LogP contribution in [0.1, 0.15) is 49.8 Å². The van der Waals surface area contributed by atoms with Crippen molar-refractivity contribution in [2.45, 2.75) is 57.3 Å². The van der Waals surface area contributed by atoms with Gasteiger partial charge in [-0.1, -0.05) is 61.5 Å². The van der Waals surface area contributed by atoms with Crippen LogP contribution in [0.2, 0.25) is 0 Å². The Labute approximate surface area is 198 Å². The zero-order valence-corrected chi connectivity index (χ0v) is 20.3. The first-order chi connectivity index (χ1) is 15.9. The first-order valence-corrected chi connectivity index (χ1v) is 13.1. The van der Waals surface area contributed by atoms with Gasteiger partial charge in [-0.15, -0.1) is 0 Å². The Kier molecular flexibility index (Phi) is 8.84. The van der Waals surface area contributed by atoms with Gasteiger partial charge in [-0.05, 0) is 86.4 Å². The predicted molar refractivity (Wildman–Crippen MR) is 135 cm³/mol. The molecule has 0 fully saturated rings. The first kappa shape index (κ1) is 24.7. The van der Waals surface area contributed by atoms with E-state index >= 15 is 0 Å². The molecule has 0 spiro atoms. The number of para-hydroxylation sites is 1. The molecule has 3 aromatic carbocycles. The summed E-state index contributed by atoms with van der Waals surface area (Å²) in [5.41, 5.74) is 4.22. The van der Waals surface area contributed by atoms with Crippen LogP contribution in [0, 0.1) is 5.92 Å². The Morgan fingerprint density at radius 3 is 1.97 bits per heavy atom. The fourth-order valence-corrected chi connectivity index (χ4v) is 5.00. The van der Waals surface area contributed by atoms with Crippen molar-refractivity contribution in [1.29, 1.82) is 0 Å². The van der Waals surface area contributed by atoms with E-state index in [9.17, 15) is 13.2 Å². The number of aryl methyl sites for hydroxylation is 3. The van der Waals surface area contributed by atoms with Gasteiger partial charge >= 0.3 is 0 Å². The zero-order chi connectivity index (χ0) is 23.7. The summed E-state index contributed by atoms with van der Waals surface area (Å²) < 4.78 is 27.7. The maximum absolute atomic E-state index is 12.6. The Bertz CT molecular complexity index is 1120.